The predicted octanol–water partition coefficient (Wildman–Crippen LogP) is 5.58. The van der Waals surface area contributed by atoms with Crippen LogP contribution < -0.4 is 10.1 Å². The third kappa shape index (κ3) is 4.22. The molecule has 8 nitrogen and oxygen atoms in total. The Kier molecular flexibility index (Phi) is 5.48. The summed E-state index contributed by atoms with van der Waals surface area (Å²) in [6.07, 6.45) is 2.12. The van der Waals surface area contributed by atoms with E-state index in [-0.39, 0.29) is 5.91 Å². The average molecular weight is 480 g/mol. The van der Waals surface area contributed by atoms with E-state index < -0.39 is 0 Å². The summed E-state index contributed by atoms with van der Waals surface area (Å²) in [7, 11) is 1.62. The van der Waals surface area contributed by atoms with Crippen molar-refractivity contribution in [3.8, 4) is 17.0 Å². The van der Waals surface area contributed by atoms with E-state index >= 15 is 0 Å². The van der Waals surface area contributed by atoms with E-state index in [1.165, 1.54) is 0 Å². The lowest BCUT2D eigenvalue weighted by molar-refractivity contribution is 0.102. The maximum atomic E-state index is 13.6. The minimum absolute atomic E-state index is 0.272. The van der Waals surface area contributed by atoms with E-state index in [2.05, 4.69) is 32.7 Å². The van der Waals surface area contributed by atoms with Gasteiger partial charge in [0.2, 0.25) is 0 Å². The minimum atomic E-state index is -0.272. The molecule has 8 heteroatoms. The van der Waals surface area contributed by atoms with Gasteiger partial charge in [-0.1, -0.05) is 35.5 Å². The molecule has 3 aromatic heterocycles. The Hall–Kier alpha value is -4.46. The van der Waals surface area contributed by atoms with Crippen molar-refractivity contribution in [2.45, 2.75) is 32.2 Å². The lowest BCUT2D eigenvalue weighted by atomic mass is 10.0. The maximum Gasteiger partial charge on any atom is 0.259 e. The molecule has 0 aliphatic heterocycles. The summed E-state index contributed by atoms with van der Waals surface area (Å²) >= 11 is 0. The number of ether oxygens (including phenoxy) is 1. The first kappa shape index (κ1) is 22.0. The van der Waals surface area contributed by atoms with Gasteiger partial charge in [0.05, 0.1) is 24.6 Å². The molecule has 36 heavy (non-hydrogen) atoms. The van der Waals surface area contributed by atoms with Gasteiger partial charge in [-0.3, -0.25) is 9.48 Å². The van der Waals surface area contributed by atoms with Gasteiger partial charge >= 0.3 is 0 Å². The van der Waals surface area contributed by atoms with Crippen molar-refractivity contribution < 1.29 is 14.1 Å². The smallest absolute Gasteiger partial charge is 0.259 e. The van der Waals surface area contributed by atoms with Crippen LogP contribution in [0.1, 0.15) is 46.1 Å². The highest BCUT2D eigenvalue weighted by molar-refractivity contribution is 6.14. The van der Waals surface area contributed by atoms with Crippen molar-refractivity contribution >= 4 is 22.8 Å². The van der Waals surface area contributed by atoms with Crippen LogP contribution in [0.4, 0.5) is 5.82 Å². The van der Waals surface area contributed by atoms with Gasteiger partial charge in [0, 0.05) is 28.9 Å². The number of nitrogens with zero attached hydrogens (tertiary/aromatic N) is 4. The molecular formula is C28H25N5O3. The topological polar surface area (TPSA) is 95.1 Å². The van der Waals surface area contributed by atoms with Gasteiger partial charge < -0.3 is 14.6 Å². The molecule has 1 aliphatic rings. The van der Waals surface area contributed by atoms with Crippen LogP contribution >= 0.6 is 0 Å². The van der Waals surface area contributed by atoms with Crippen LogP contribution in [0.5, 0.6) is 5.75 Å². The third-order valence-electron chi connectivity index (χ3n) is 6.47. The zero-order chi connectivity index (χ0) is 24.6. The number of hydrogen-bond acceptors (Lipinski definition) is 6. The second-order valence-electron chi connectivity index (χ2n) is 9.08. The Labute approximate surface area is 207 Å². The van der Waals surface area contributed by atoms with Crippen molar-refractivity contribution in [2.24, 2.45) is 0 Å². The number of fused-ring (bicyclic) bond motifs is 1. The monoisotopic (exact) mass is 479 g/mol. The molecule has 0 spiro atoms. The Bertz CT molecular complexity index is 1550. The molecule has 2 aromatic carbocycles. The first-order valence-electron chi connectivity index (χ1n) is 11.9. The van der Waals surface area contributed by atoms with Crippen LogP contribution in [-0.4, -0.2) is 32.9 Å². The summed E-state index contributed by atoms with van der Waals surface area (Å²) < 4.78 is 12.8. The van der Waals surface area contributed by atoms with Gasteiger partial charge in [-0.15, -0.1) is 0 Å². The Morgan fingerprint density at radius 3 is 2.61 bits per heavy atom. The van der Waals surface area contributed by atoms with Crippen LogP contribution in [-0.2, 0) is 6.54 Å². The second-order valence-corrected chi connectivity index (χ2v) is 9.08. The number of benzene rings is 2. The molecule has 0 radical (unpaired) electrons. The number of carbonyl (C=O) groups is 1. The highest BCUT2D eigenvalue weighted by Gasteiger charge is 2.29. The Morgan fingerprint density at radius 2 is 1.89 bits per heavy atom. The summed E-state index contributed by atoms with van der Waals surface area (Å²) in [6, 6.07) is 21.3. The Balaban J connectivity index is 1.36. The molecule has 0 atom stereocenters. The quantitative estimate of drug-likeness (QED) is 0.327. The Morgan fingerprint density at radius 1 is 1.11 bits per heavy atom. The fourth-order valence-corrected chi connectivity index (χ4v) is 4.35. The first-order valence-corrected chi connectivity index (χ1v) is 11.9. The zero-order valence-electron chi connectivity index (χ0n) is 20.1. The molecule has 0 saturated heterocycles. The predicted molar refractivity (Wildman–Crippen MR) is 136 cm³/mol. The normalized spacial score (nSPS) is 13.2. The summed E-state index contributed by atoms with van der Waals surface area (Å²) in [4.78, 5) is 18.3. The minimum Gasteiger partial charge on any atom is -0.497 e. The molecule has 1 N–H and O–H groups in total. The molecule has 5 aromatic rings. The van der Waals surface area contributed by atoms with E-state index in [1.807, 2.05) is 66.2 Å². The van der Waals surface area contributed by atoms with Gasteiger partial charge in [-0.25, -0.2) is 4.98 Å². The molecule has 6 rings (SSSR count). The van der Waals surface area contributed by atoms with Crippen molar-refractivity contribution in [3.05, 3.63) is 89.2 Å². The number of nitrogens with one attached hydrogen (secondary N) is 1. The molecule has 0 unspecified atom stereocenters. The number of amides is 1. The van der Waals surface area contributed by atoms with Crippen LogP contribution in [0.15, 0.2) is 71.3 Å². The number of pyridine rings is 1. The van der Waals surface area contributed by atoms with Crippen molar-refractivity contribution in [1.82, 2.24) is 19.9 Å². The molecule has 1 aliphatic carbocycles. The molecule has 180 valence electrons. The van der Waals surface area contributed by atoms with Crippen LogP contribution in [0, 0.1) is 6.92 Å². The number of carbonyl (C=O) groups excluding carboxylic acids is 1. The number of methoxy groups -OCH3 is 1. The highest BCUT2D eigenvalue weighted by atomic mass is 16.5. The number of anilines is 1. The van der Waals surface area contributed by atoms with Gasteiger partial charge in [0.1, 0.15) is 11.4 Å². The standard InChI is InChI=1S/C28H25N5O3/c1-17-14-24(31-33(17)16-18-6-4-3-5-7-18)30-27(34)22-15-23(19-8-9-19)29-28-25(22)26(32-36-28)20-10-12-21(35-2)13-11-20/h3-7,10-15,19H,8-9,16H2,1-2H3,(H,30,31,34). The number of aryl methyl sites for hydroxylation is 1. The van der Waals surface area contributed by atoms with Gasteiger partial charge in [0.25, 0.3) is 11.6 Å². The SMILES string of the molecule is COc1ccc(-c2noc3nc(C4CC4)cc(C(=O)Nc4cc(C)n(Cc5ccccc5)n4)c23)cc1. The second kappa shape index (κ2) is 8.96. The van der Waals surface area contributed by atoms with Crippen molar-refractivity contribution in [3.63, 3.8) is 0 Å². The fourth-order valence-electron chi connectivity index (χ4n) is 4.35. The van der Waals surface area contributed by atoms with Crippen LogP contribution in [0.2, 0.25) is 0 Å². The third-order valence-corrected chi connectivity index (χ3v) is 6.47. The number of rotatable bonds is 7. The summed E-state index contributed by atoms with van der Waals surface area (Å²) in [5, 5.41) is 12.5. The molecule has 0 bridgehead atoms. The van der Waals surface area contributed by atoms with Gasteiger partial charge in [-0.2, -0.15) is 5.10 Å². The summed E-state index contributed by atoms with van der Waals surface area (Å²) in [5.41, 5.74) is 5.17. The van der Waals surface area contributed by atoms with Gasteiger partial charge in [-0.05, 0) is 55.7 Å². The molecule has 1 amide bonds. The van der Waals surface area contributed by atoms with E-state index in [9.17, 15) is 4.79 Å². The molecule has 1 saturated carbocycles. The zero-order valence-corrected chi connectivity index (χ0v) is 20.1. The van der Waals surface area contributed by atoms with Crippen molar-refractivity contribution in [1.29, 1.82) is 0 Å². The van der Waals surface area contributed by atoms with Crippen molar-refractivity contribution in [2.75, 3.05) is 12.4 Å². The van der Waals surface area contributed by atoms with E-state index in [4.69, 9.17) is 9.26 Å². The molecule has 1 fully saturated rings. The van der Waals surface area contributed by atoms with Crippen LogP contribution in [0.25, 0.3) is 22.4 Å². The fraction of sp³-hybridized carbons (Fsp3) is 0.214. The van der Waals surface area contributed by atoms with Crippen LogP contribution in [0.3, 0.4) is 0 Å². The summed E-state index contributed by atoms with van der Waals surface area (Å²) in [6.45, 7) is 2.60. The largest absolute Gasteiger partial charge is 0.497 e. The number of aromatic nitrogens is 4. The molecular weight excluding hydrogens is 454 g/mol. The molecule has 3 heterocycles. The summed E-state index contributed by atoms with van der Waals surface area (Å²) in [5.74, 6) is 1.31. The maximum absolute atomic E-state index is 13.6. The lowest BCUT2D eigenvalue weighted by Gasteiger charge is -2.08. The first-order chi connectivity index (χ1) is 17.6. The van der Waals surface area contributed by atoms with E-state index in [1.54, 1.807) is 7.11 Å². The highest BCUT2D eigenvalue weighted by Crippen LogP contribution is 2.41. The van der Waals surface area contributed by atoms with E-state index in [0.29, 0.717) is 40.6 Å². The van der Waals surface area contributed by atoms with Gasteiger partial charge in [0.15, 0.2) is 5.82 Å². The lowest BCUT2D eigenvalue weighted by Crippen LogP contribution is -2.14. The van der Waals surface area contributed by atoms with E-state index in [0.717, 1.165) is 41.1 Å². The average Bonchev–Trinajstić information content (AvgIpc) is 3.58. The number of hydrogen-bond donors (Lipinski definition) is 1.